The first-order valence-electron chi connectivity index (χ1n) is 5.34. The molecule has 0 fully saturated rings. The first kappa shape index (κ1) is 12.1. The van der Waals surface area contributed by atoms with Crippen LogP contribution in [0.3, 0.4) is 0 Å². The van der Waals surface area contributed by atoms with E-state index in [9.17, 15) is 9.18 Å². The van der Waals surface area contributed by atoms with E-state index in [1.807, 2.05) is 0 Å². The zero-order valence-corrected chi connectivity index (χ0v) is 10.1. The van der Waals surface area contributed by atoms with Crippen LogP contribution in [0.15, 0.2) is 24.4 Å². The number of amides is 1. The van der Waals surface area contributed by atoms with E-state index in [2.05, 4.69) is 10.4 Å². The summed E-state index contributed by atoms with van der Waals surface area (Å²) in [4.78, 5) is 11.9. The van der Waals surface area contributed by atoms with Crippen LogP contribution >= 0.6 is 0 Å². The van der Waals surface area contributed by atoms with Crippen molar-refractivity contribution in [1.82, 2.24) is 9.78 Å². The molecule has 1 amide bonds. The quantitative estimate of drug-likeness (QED) is 0.849. The summed E-state index contributed by atoms with van der Waals surface area (Å²) in [5.41, 5.74) is 6.76. The van der Waals surface area contributed by atoms with Crippen LogP contribution in [-0.2, 0) is 7.05 Å². The number of carbonyl (C=O) groups excluding carboxylic acids is 1. The van der Waals surface area contributed by atoms with Crippen molar-refractivity contribution in [1.29, 1.82) is 0 Å². The maximum absolute atomic E-state index is 13.3. The van der Waals surface area contributed by atoms with Crippen molar-refractivity contribution in [3.05, 3.63) is 41.3 Å². The standard InChI is InChI=1S/C12H13FN4O/c1-7-9(13)4-3-5-10(7)16-12(18)8-6-15-17(2)11(8)14/h3-6H,14H2,1-2H3,(H,16,18). The van der Waals surface area contributed by atoms with E-state index in [1.54, 1.807) is 20.0 Å². The van der Waals surface area contributed by atoms with Gasteiger partial charge in [-0.05, 0) is 19.1 Å². The molecule has 0 radical (unpaired) electrons. The van der Waals surface area contributed by atoms with Crippen molar-refractivity contribution in [3.63, 3.8) is 0 Å². The fraction of sp³-hybridized carbons (Fsp3) is 0.167. The van der Waals surface area contributed by atoms with Crippen LogP contribution in [0.4, 0.5) is 15.9 Å². The van der Waals surface area contributed by atoms with Gasteiger partial charge in [0.2, 0.25) is 0 Å². The summed E-state index contributed by atoms with van der Waals surface area (Å²) in [5.74, 6) is -0.511. The van der Waals surface area contributed by atoms with Gasteiger partial charge in [-0.2, -0.15) is 5.10 Å². The number of nitrogens with two attached hydrogens (primary N) is 1. The van der Waals surface area contributed by atoms with Gasteiger partial charge in [0.1, 0.15) is 17.2 Å². The van der Waals surface area contributed by atoms with Crippen molar-refractivity contribution < 1.29 is 9.18 Å². The molecule has 1 aromatic heterocycles. The maximum Gasteiger partial charge on any atom is 0.261 e. The topological polar surface area (TPSA) is 72.9 Å². The van der Waals surface area contributed by atoms with Crippen molar-refractivity contribution in [2.45, 2.75) is 6.92 Å². The van der Waals surface area contributed by atoms with Crippen LogP contribution in [-0.4, -0.2) is 15.7 Å². The molecule has 0 spiro atoms. The van der Waals surface area contributed by atoms with E-state index in [0.717, 1.165) is 0 Å². The third-order valence-electron chi connectivity index (χ3n) is 2.75. The molecule has 0 aliphatic heterocycles. The van der Waals surface area contributed by atoms with Crippen LogP contribution in [0.25, 0.3) is 0 Å². The van der Waals surface area contributed by atoms with Crippen LogP contribution in [0.1, 0.15) is 15.9 Å². The van der Waals surface area contributed by atoms with Gasteiger partial charge in [0.25, 0.3) is 5.91 Å². The lowest BCUT2D eigenvalue weighted by atomic mass is 10.2. The van der Waals surface area contributed by atoms with Crippen LogP contribution in [0.5, 0.6) is 0 Å². The normalized spacial score (nSPS) is 10.4. The average Bonchev–Trinajstić information content (AvgIpc) is 2.66. The predicted molar refractivity (Wildman–Crippen MR) is 66.7 cm³/mol. The lowest BCUT2D eigenvalue weighted by Gasteiger charge is -2.08. The van der Waals surface area contributed by atoms with Crippen molar-refractivity contribution in [2.24, 2.45) is 7.05 Å². The van der Waals surface area contributed by atoms with E-state index < -0.39 is 5.91 Å². The SMILES string of the molecule is Cc1c(F)cccc1NC(=O)c1cnn(C)c1N. The van der Waals surface area contributed by atoms with Gasteiger partial charge in [-0.25, -0.2) is 4.39 Å². The first-order chi connectivity index (χ1) is 8.50. The van der Waals surface area contributed by atoms with Gasteiger partial charge < -0.3 is 11.1 Å². The summed E-state index contributed by atoms with van der Waals surface area (Å²) in [7, 11) is 1.64. The fourth-order valence-electron chi connectivity index (χ4n) is 1.55. The van der Waals surface area contributed by atoms with E-state index in [4.69, 9.17) is 5.73 Å². The molecule has 6 heteroatoms. The highest BCUT2D eigenvalue weighted by Gasteiger charge is 2.15. The minimum Gasteiger partial charge on any atom is -0.383 e. The van der Waals surface area contributed by atoms with Crippen LogP contribution in [0, 0.1) is 12.7 Å². The van der Waals surface area contributed by atoms with Gasteiger partial charge in [0, 0.05) is 18.3 Å². The summed E-state index contributed by atoms with van der Waals surface area (Å²) in [6.07, 6.45) is 1.37. The molecule has 18 heavy (non-hydrogen) atoms. The largest absolute Gasteiger partial charge is 0.383 e. The summed E-state index contributed by atoms with van der Waals surface area (Å²) in [5, 5.41) is 6.48. The molecule has 0 unspecified atom stereocenters. The monoisotopic (exact) mass is 248 g/mol. The lowest BCUT2D eigenvalue weighted by Crippen LogP contribution is -2.14. The summed E-state index contributed by atoms with van der Waals surface area (Å²) < 4.78 is 14.7. The Hall–Kier alpha value is -2.37. The number of nitrogens with zero attached hydrogens (tertiary/aromatic N) is 2. The van der Waals surface area contributed by atoms with Gasteiger partial charge in [-0.15, -0.1) is 0 Å². The predicted octanol–water partition coefficient (Wildman–Crippen LogP) is 1.70. The lowest BCUT2D eigenvalue weighted by molar-refractivity contribution is 0.102. The summed E-state index contributed by atoms with van der Waals surface area (Å²) in [6, 6.07) is 4.50. The van der Waals surface area contributed by atoms with Crippen molar-refractivity contribution in [3.8, 4) is 0 Å². The zero-order valence-electron chi connectivity index (χ0n) is 10.1. The maximum atomic E-state index is 13.3. The molecule has 1 heterocycles. The highest BCUT2D eigenvalue weighted by atomic mass is 19.1. The molecule has 2 rings (SSSR count). The Morgan fingerprint density at radius 1 is 1.50 bits per heavy atom. The number of aryl methyl sites for hydroxylation is 1. The van der Waals surface area contributed by atoms with Gasteiger partial charge in [-0.1, -0.05) is 6.07 Å². The number of halogens is 1. The minimum absolute atomic E-state index is 0.265. The zero-order chi connectivity index (χ0) is 13.3. The molecule has 0 saturated heterocycles. The number of carbonyl (C=O) groups is 1. The fourth-order valence-corrected chi connectivity index (χ4v) is 1.55. The van der Waals surface area contributed by atoms with E-state index in [-0.39, 0.29) is 17.2 Å². The minimum atomic E-state index is -0.408. The van der Waals surface area contributed by atoms with Gasteiger partial charge in [0.05, 0.1) is 6.20 Å². The Balaban J connectivity index is 2.27. The molecule has 0 aliphatic carbocycles. The van der Waals surface area contributed by atoms with Crippen molar-refractivity contribution in [2.75, 3.05) is 11.1 Å². The van der Waals surface area contributed by atoms with Crippen LogP contribution in [0.2, 0.25) is 0 Å². The number of nitrogens with one attached hydrogen (secondary N) is 1. The van der Waals surface area contributed by atoms with Gasteiger partial charge in [-0.3, -0.25) is 9.48 Å². The smallest absolute Gasteiger partial charge is 0.261 e. The number of rotatable bonds is 2. The second-order valence-electron chi connectivity index (χ2n) is 3.93. The number of anilines is 2. The Morgan fingerprint density at radius 2 is 2.22 bits per heavy atom. The molecule has 2 aromatic rings. The number of aromatic nitrogens is 2. The molecule has 0 bridgehead atoms. The third-order valence-corrected chi connectivity index (χ3v) is 2.75. The molecule has 0 aliphatic rings. The van der Waals surface area contributed by atoms with E-state index >= 15 is 0 Å². The Morgan fingerprint density at radius 3 is 2.83 bits per heavy atom. The molecule has 0 saturated carbocycles. The first-order valence-corrected chi connectivity index (χ1v) is 5.34. The molecule has 3 N–H and O–H groups in total. The van der Waals surface area contributed by atoms with Crippen molar-refractivity contribution >= 4 is 17.4 Å². The molecule has 94 valence electrons. The number of nitrogen functional groups attached to an aromatic ring is 1. The Kier molecular flexibility index (Phi) is 3.01. The second-order valence-corrected chi connectivity index (χ2v) is 3.93. The highest BCUT2D eigenvalue weighted by Crippen LogP contribution is 2.19. The molecular formula is C12H13FN4O. The average molecular weight is 248 g/mol. The Bertz CT molecular complexity index is 606. The van der Waals surface area contributed by atoms with Crippen LogP contribution < -0.4 is 11.1 Å². The van der Waals surface area contributed by atoms with E-state index in [0.29, 0.717) is 11.3 Å². The van der Waals surface area contributed by atoms with Gasteiger partial charge in [0.15, 0.2) is 0 Å². The molecule has 1 aromatic carbocycles. The summed E-state index contributed by atoms with van der Waals surface area (Å²) >= 11 is 0. The highest BCUT2D eigenvalue weighted by molar-refractivity contribution is 6.07. The molecule has 0 atom stereocenters. The molecular weight excluding hydrogens is 235 g/mol. The van der Waals surface area contributed by atoms with Gasteiger partial charge >= 0.3 is 0 Å². The number of hydrogen-bond donors (Lipinski definition) is 2. The number of hydrogen-bond acceptors (Lipinski definition) is 3. The Labute approximate surface area is 103 Å². The molecule has 5 nitrogen and oxygen atoms in total. The third kappa shape index (κ3) is 2.04. The second kappa shape index (κ2) is 4.48. The summed E-state index contributed by atoms with van der Waals surface area (Å²) in [6.45, 7) is 1.59. The van der Waals surface area contributed by atoms with E-state index in [1.165, 1.54) is 23.0 Å². The number of benzene rings is 1.